The summed E-state index contributed by atoms with van der Waals surface area (Å²) in [6.45, 7) is 3.64. The van der Waals surface area contributed by atoms with Gasteiger partial charge in [0.15, 0.2) is 0 Å². The van der Waals surface area contributed by atoms with E-state index in [1.807, 2.05) is 74.5 Å². The summed E-state index contributed by atoms with van der Waals surface area (Å²) in [5, 5.41) is 0. The number of hydrogen-bond acceptors (Lipinski definition) is 4. The standard InChI is InChI=1S/C22H24O4/c1-17(15-19-9-5-3-6-10-19)25-21(23)13-14-22(24)26-18(2)16-20-11-7-4-8-12-20/h3-14,17-18H,15-16H2,1-2H3. The molecule has 2 aromatic rings. The molecule has 4 heteroatoms. The average molecular weight is 352 g/mol. The monoisotopic (exact) mass is 352 g/mol. The van der Waals surface area contributed by atoms with Crippen LogP contribution in [0.2, 0.25) is 0 Å². The zero-order valence-electron chi connectivity index (χ0n) is 15.1. The third-order valence-corrected chi connectivity index (χ3v) is 3.72. The Balaban J connectivity index is 1.73. The van der Waals surface area contributed by atoms with Crippen LogP contribution in [0.15, 0.2) is 72.8 Å². The second-order valence-corrected chi connectivity index (χ2v) is 6.21. The lowest BCUT2D eigenvalue weighted by Crippen LogP contribution is -2.17. The van der Waals surface area contributed by atoms with Crippen molar-refractivity contribution in [1.29, 1.82) is 0 Å². The third kappa shape index (κ3) is 7.34. The highest BCUT2D eigenvalue weighted by atomic mass is 16.5. The normalized spacial score (nSPS) is 13.2. The van der Waals surface area contributed by atoms with Gasteiger partial charge in [-0.05, 0) is 25.0 Å². The van der Waals surface area contributed by atoms with E-state index in [0.29, 0.717) is 12.8 Å². The molecule has 0 heterocycles. The van der Waals surface area contributed by atoms with Crippen molar-refractivity contribution < 1.29 is 19.1 Å². The van der Waals surface area contributed by atoms with Crippen molar-refractivity contribution in [2.75, 3.05) is 0 Å². The van der Waals surface area contributed by atoms with Crippen LogP contribution in [0.4, 0.5) is 0 Å². The molecule has 0 saturated heterocycles. The van der Waals surface area contributed by atoms with E-state index in [0.717, 1.165) is 23.3 Å². The first kappa shape index (κ1) is 19.4. The molecule has 26 heavy (non-hydrogen) atoms. The fraction of sp³-hybridized carbons (Fsp3) is 0.273. The third-order valence-electron chi connectivity index (χ3n) is 3.72. The maximum absolute atomic E-state index is 11.8. The summed E-state index contributed by atoms with van der Waals surface area (Å²) in [7, 11) is 0. The minimum atomic E-state index is -0.555. The maximum atomic E-state index is 11.8. The fourth-order valence-corrected chi connectivity index (χ4v) is 2.59. The van der Waals surface area contributed by atoms with Crippen LogP contribution < -0.4 is 0 Å². The number of carbonyl (C=O) groups excluding carboxylic acids is 2. The number of ether oxygens (including phenoxy) is 2. The van der Waals surface area contributed by atoms with Gasteiger partial charge >= 0.3 is 11.9 Å². The van der Waals surface area contributed by atoms with Gasteiger partial charge in [0.25, 0.3) is 0 Å². The van der Waals surface area contributed by atoms with Gasteiger partial charge in [-0.15, -0.1) is 0 Å². The largest absolute Gasteiger partial charge is 0.459 e. The summed E-state index contributed by atoms with van der Waals surface area (Å²) in [6.07, 6.45) is 2.92. The first-order valence-corrected chi connectivity index (χ1v) is 8.70. The topological polar surface area (TPSA) is 52.6 Å². The van der Waals surface area contributed by atoms with Crippen molar-refractivity contribution in [3.8, 4) is 0 Å². The molecule has 2 unspecified atom stereocenters. The molecule has 0 N–H and O–H groups in total. The Bertz CT molecular complexity index is 659. The van der Waals surface area contributed by atoms with Crippen molar-refractivity contribution in [3.63, 3.8) is 0 Å². The smallest absolute Gasteiger partial charge is 0.331 e. The van der Waals surface area contributed by atoms with E-state index in [1.165, 1.54) is 0 Å². The van der Waals surface area contributed by atoms with Crippen LogP contribution in [0.5, 0.6) is 0 Å². The number of benzene rings is 2. The molecule has 4 nitrogen and oxygen atoms in total. The van der Waals surface area contributed by atoms with E-state index in [-0.39, 0.29) is 12.2 Å². The highest BCUT2D eigenvalue weighted by Gasteiger charge is 2.10. The molecule has 2 rings (SSSR count). The molecule has 0 saturated carbocycles. The average Bonchev–Trinajstić information content (AvgIpc) is 2.61. The van der Waals surface area contributed by atoms with Gasteiger partial charge in [-0.2, -0.15) is 0 Å². The van der Waals surface area contributed by atoms with Crippen molar-refractivity contribution in [2.45, 2.75) is 38.9 Å². The van der Waals surface area contributed by atoms with Gasteiger partial charge in [0, 0.05) is 25.0 Å². The minimum absolute atomic E-state index is 0.275. The molecule has 0 spiro atoms. The Kier molecular flexibility index (Phi) is 7.62. The van der Waals surface area contributed by atoms with Crippen LogP contribution in [0.3, 0.4) is 0 Å². The maximum Gasteiger partial charge on any atom is 0.331 e. The van der Waals surface area contributed by atoms with Crippen molar-refractivity contribution in [1.82, 2.24) is 0 Å². The first-order valence-electron chi connectivity index (χ1n) is 8.70. The molecule has 0 amide bonds. The molecule has 2 aromatic carbocycles. The van der Waals surface area contributed by atoms with Crippen molar-refractivity contribution >= 4 is 11.9 Å². The molecule has 0 aliphatic heterocycles. The zero-order valence-corrected chi connectivity index (χ0v) is 15.1. The molecule has 0 bridgehead atoms. The van der Waals surface area contributed by atoms with Crippen LogP contribution in [-0.2, 0) is 31.9 Å². The second kappa shape index (κ2) is 10.2. The van der Waals surface area contributed by atoms with Gasteiger partial charge in [-0.3, -0.25) is 0 Å². The van der Waals surface area contributed by atoms with E-state index in [9.17, 15) is 9.59 Å². The van der Waals surface area contributed by atoms with Gasteiger partial charge in [0.05, 0.1) is 0 Å². The molecule has 136 valence electrons. The van der Waals surface area contributed by atoms with Gasteiger partial charge in [-0.25, -0.2) is 9.59 Å². The van der Waals surface area contributed by atoms with Gasteiger partial charge in [-0.1, -0.05) is 60.7 Å². The summed E-state index contributed by atoms with van der Waals surface area (Å²) in [5.74, 6) is -1.11. The summed E-state index contributed by atoms with van der Waals surface area (Å²) in [5.41, 5.74) is 2.18. The van der Waals surface area contributed by atoms with Gasteiger partial charge in [0.1, 0.15) is 12.2 Å². The van der Waals surface area contributed by atoms with Crippen LogP contribution in [0, 0.1) is 0 Å². The van der Waals surface area contributed by atoms with Crippen LogP contribution in [0.1, 0.15) is 25.0 Å². The molecular weight excluding hydrogens is 328 g/mol. The quantitative estimate of drug-likeness (QED) is 0.534. The molecule has 2 atom stereocenters. The number of hydrogen-bond donors (Lipinski definition) is 0. The molecule has 0 radical (unpaired) electrons. The molecule has 0 fully saturated rings. The van der Waals surface area contributed by atoms with Crippen molar-refractivity contribution in [3.05, 3.63) is 83.9 Å². The lowest BCUT2D eigenvalue weighted by atomic mass is 10.1. The highest BCUT2D eigenvalue weighted by molar-refractivity contribution is 5.91. The second-order valence-electron chi connectivity index (χ2n) is 6.21. The van der Waals surface area contributed by atoms with E-state index < -0.39 is 11.9 Å². The Morgan fingerprint density at radius 1 is 0.731 bits per heavy atom. The molecule has 0 aliphatic rings. The number of rotatable bonds is 8. The fourth-order valence-electron chi connectivity index (χ4n) is 2.59. The predicted molar refractivity (Wildman–Crippen MR) is 101 cm³/mol. The van der Waals surface area contributed by atoms with E-state index in [4.69, 9.17) is 9.47 Å². The Labute approximate surface area is 154 Å². The molecular formula is C22H24O4. The summed E-state index contributed by atoms with van der Waals surface area (Å²) in [6, 6.07) is 19.6. The zero-order chi connectivity index (χ0) is 18.8. The van der Waals surface area contributed by atoms with Crippen LogP contribution >= 0.6 is 0 Å². The summed E-state index contributed by atoms with van der Waals surface area (Å²) in [4.78, 5) is 23.6. The van der Waals surface area contributed by atoms with Gasteiger partial charge < -0.3 is 9.47 Å². The van der Waals surface area contributed by atoms with Crippen LogP contribution in [-0.4, -0.2) is 24.1 Å². The Morgan fingerprint density at radius 2 is 1.08 bits per heavy atom. The minimum Gasteiger partial charge on any atom is -0.459 e. The predicted octanol–water partition coefficient (Wildman–Crippen LogP) is 3.89. The van der Waals surface area contributed by atoms with Crippen LogP contribution in [0.25, 0.3) is 0 Å². The van der Waals surface area contributed by atoms with E-state index in [1.54, 1.807) is 0 Å². The highest BCUT2D eigenvalue weighted by Crippen LogP contribution is 2.07. The first-order chi connectivity index (χ1) is 12.5. The van der Waals surface area contributed by atoms with E-state index in [2.05, 4.69) is 0 Å². The lowest BCUT2D eigenvalue weighted by Gasteiger charge is -2.12. The Hall–Kier alpha value is -2.88. The van der Waals surface area contributed by atoms with Gasteiger partial charge in [0.2, 0.25) is 0 Å². The summed E-state index contributed by atoms with van der Waals surface area (Å²) < 4.78 is 10.5. The van der Waals surface area contributed by atoms with Crippen molar-refractivity contribution in [2.24, 2.45) is 0 Å². The Morgan fingerprint density at radius 3 is 1.42 bits per heavy atom. The lowest BCUT2D eigenvalue weighted by molar-refractivity contribution is -0.145. The number of carbonyl (C=O) groups is 2. The summed E-state index contributed by atoms with van der Waals surface area (Å²) >= 11 is 0. The molecule has 0 aliphatic carbocycles. The molecule has 0 aromatic heterocycles. The SMILES string of the molecule is CC(Cc1ccccc1)OC(=O)C=CC(=O)OC(C)Cc1ccccc1. The number of esters is 2. The van der Waals surface area contributed by atoms with E-state index >= 15 is 0 Å².